The van der Waals surface area contributed by atoms with Crippen molar-refractivity contribution in [3.05, 3.63) is 95.6 Å². The van der Waals surface area contributed by atoms with Crippen LogP contribution in [0.3, 0.4) is 0 Å². The number of benzene rings is 3. The van der Waals surface area contributed by atoms with Crippen molar-refractivity contribution in [2.75, 3.05) is 18.0 Å². The summed E-state index contributed by atoms with van der Waals surface area (Å²) >= 11 is 0. The minimum atomic E-state index is 0. The summed E-state index contributed by atoms with van der Waals surface area (Å²) in [6.45, 7) is 7.27. The fourth-order valence-corrected chi connectivity index (χ4v) is 4.54. The van der Waals surface area contributed by atoms with Gasteiger partial charge in [-0.15, -0.1) is 17.0 Å². The van der Waals surface area contributed by atoms with Gasteiger partial charge in [0.15, 0.2) is 5.78 Å². The van der Waals surface area contributed by atoms with Crippen LogP contribution >= 0.6 is 17.0 Å². The lowest BCUT2D eigenvalue weighted by Gasteiger charge is -2.24. The summed E-state index contributed by atoms with van der Waals surface area (Å²) in [5.41, 5.74) is 5.20. The molecule has 0 spiro atoms. The van der Waals surface area contributed by atoms with Gasteiger partial charge in [0.2, 0.25) is 5.62 Å². The number of fused-ring (bicyclic) bond motifs is 1. The van der Waals surface area contributed by atoms with Crippen LogP contribution in [-0.4, -0.2) is 28.0 Å². The number of anilines is 1. The Bertz CT molecular complexity index is 1300. The number of carbonyl (C=O) groups excluding carboxylic acids is 1. The molecule has 0 fully saturated rings. The molecule has 6 heteroatoms. The zero-order chi connectivity index (χ0) is 24.6. The van der Waals surface area contributed by atoms with E-state index in [2.05, 4.69) is 43.0 Å². The number of ketones is 1. The van der Waals surface area contributed by atoms with Crippen LogP contribution in [0.5, 0.6) is 0 Å². The molecule has 0 aliphatic rings. The number of hydrogen-bond donors (Lipinski definition) is 1. The molecule has 36 heavy (non-hydrogen) atoms. The van der Waals surface area contributed by atoms with E-state index in [0.717, 1.165) is 29.7 Å². The smallest absolute Gasteiger partial charge is 0.203 e. The van der Waals surface area contributed by atoms with Crippen LogP contribution in [0.4, 0.5) is 5.69 Å². The van der Waals surface area contributed by atoms with Gasteiger partial charge in [-0.25, -0.2) is 0 Å². The molecule has 0 aliphatic carbocycles. The number of unbranched alkanes of at least 4 members (excludes halogenated alkanes) is 2. The van der Waals surface area contributed by atoms with Gasteiger partial charge in [-0.1, -0.05) is 69.2 Å². The van der Waals surface area contributed by atoms with Crippen LogP contribution in [0, 0.1) is 5.41 Å². The van der Waals surface area contributed by atoms with Crippen molar-refractivity contribution in [2.45, 2.75) is 52.6 Å². The van der Waals surface area contributed by atoms with Crippen LogP contribution in [-0.2, 0) is 13.1 Å². The third-order valence-corrected chi connectivity index (χ3v) is 6.58. The van der Waals surface area contributed by atoms with Gasteiger partial charge in [-0.3, -0.25) is 10.2 Å². The summed E-state index contributed by atoms with van der Waals surface area (Å²) < 4.78 is 3.80. The monoisotopic (exact) mass is 548 g/mol. The average molecular weight is 550 g/mol. The Kier molecular flexibility index (Phi) is 10.1. The highest BCUT2D eigenvalue weighted by atomic mass is 79.9. The number of rotatable bonds is 12. The molecule has 190 valence electrons. The number of imidazole rings is 1. The first-order valence-electron chi connectivity index (χ1n) is 12.8. The Morgan fingerprint density at radius 3 is 1.92 bits per heavy atom. The van der Waals surface area contributed by atoms with Gasteiger partial charge in [0, 0.05) is 24.3 Å². The number of aromatic nitrogens is 2. The van der Waals surface area contributed by atoms with Gasteiger partial charge in [0.25, 0.3) is 0 Å². The summed E-state index contributed by atoms with van der Waals surface area (Å²) in [4.78, 5) is 15.7. The average Bonchev–Trinajstić information content (AvgIpc) is 3.15. The maximum Gasteiger partial charge on any atom is 0.203 e. The van der Waals surface area contributed by atoms with E-state index in [-0.39, 0.29) is 29.3 Å². The first-order valence-corrected chi connectivity index (χ1v) is 12.8. The number of hydrogen-bond acceptors (Lipinski definition) is 3. The number of nitrogens with one attached hydrogen (secondary N) is 1. The fourth-order valence-electron chi connectivity index (χ4n) is 4.54. The van der Waals surface area contributed by atoms with Crippen LogP contribution < -0.4 is 10.5 Å². The zero-order valence-electron chi connectivity index (χ0n) is 21.3. The maximum absolute atomic E-state index is 13.3. The zero-order valence-corrected chi connectivity index (χ0v) is 23.0. The number of Topliss-reactive ketones (excluding diaryl/α,β-unsaturated/α-hetero) is 1. The Hall–Kier alpha value is -3.12. The minimum absolute atomic E-state index is 0. The lowest BCUT2D eigenvalue weighted by atomic mass is 10.1. The highest BCUT2D eigenvalue weighted by Crippen LogP contribution is 2.19. The first-order chi connectivity index (χ1) is 17.1. The molecule has 3 aromatic carbocycles. The number of para-hydroxylation sites is 2. The predicted octanol–water partition coefficient (Wildman–Crippen LogP) is 6.84. The third-order valence-electron chi connectivity index (χ3n) is 6.58. The number of nitrogens with zero attached hydrogens (tertiary/aromatic N) is 3. The van der Waals surface area contributed by atoms with Crippen molar-refractivity contribution in [1.82, 2.24) is 9.13 Å². The van der Waals surface area contributed by atoms with E-state index in [1.165, 1.54) is 31.4 Å². The van der Waals surface area contributed by atoms with Crippen molar-refractivity contribution < 1.29 is 4.79 Å². The summed E-state index contributed by atoms with van der Waals surface area (Å²) in [5.74, 6) is 0.0198. The molecule has 0 bridgehead atoms. The maximum atomic E-state index is 13.3. The Labute approximate surface area is 224 Å². The van der Waals surface area contributed by atoms with Crippen molar-refractivity contribution >= 4 is 39.5 Å². The molecule has 1 aromatic heterocycles. The van der Waals surface area contributed by atoms with E-state index in [1.807, 2.05) is 63.7 Å². The van der Waals surface area contributed by atoms with Crippen molar-refractivity contribution in [3.63, 3.8) is 0 Å². The molecule has 4 rings (SSSR count). The summed E-state index contributed by atoms with van der Waals surface area (Å²) in [6.07, 6.45) is 4.67. The quantitative estimate of drug-likeness (QED) is 0.197. The molecule has 1 heterocycles. The van der Waals surface area contributed by atoms with Gasteiger partial charge in [-0.2, -0.15) is 0 Å². The van der Waals surface area contributed by atoms with E-state index < -0.39 is 0 Å². The van der Waals surface area contributed by atoms with Crippen molar-refractivity contribution in [2.24, 2.45) is 0 Å². The molecular formula is C30H37BrN4O. The van der Waals surface area contributed by atoms with E-state index in [1.54, 1.807) is 0 Å². The summed E-state index contributed by atoms with van der Waals surface area (Å²) in [5, 5.41) is 8.87. The Morgan fingerprint density at radius 1 is 0.778 bits per heavy atom. The lowest BCUT2D eigenvalue weighted by molar-refractivity contribution is 0.0971. The second-order valence-electron chi connectivity index (χ2n) is 9.13. The minimum Gasteiger partial charge on any atom is -0.372 e. The molecule has 4 aromatic rings. The fraction of sp³-hybridized carbons (Fsp3) is 0.333. The molecule has 0 radical (unpaired) electrons. The number of halogens is 1. The van der Waals surface area contributed by atoms with Gasteiger partial charge in [-0.05, 0) is 54.8 Å². The van der Waals surface area contributed by atoms with Crippen molar-refractivity contribution in [1.29, 1.82) is 5.41 Å². The molecule has 1 N–H and O–H groups in total. The molecule has 0 saturated carbocycles. The number of carbonyl (C=O) groups is 1. The molecule has 5 nitrogen and oxygen atoms in total. The van der Waals surface area contributed by atoms with E-state index in [4.69, 9.17) is 5.41 Å². The van der Waals surface area contributed by atoms with Crippen LogP contribution in [0.2, 0.25) is 0 Å². The molecular weight excluding hydrogens is 512 g/mol. The lowest BCUT2D eigenvalue weighted by Crippen LogP contribution is -2.28. The van der Waals surface area contributed by atoms with Gasteiger partial charge < -0.3 is 14.0 Å². The molecule has 0 unspecified atom stereocenters. The summed E-state index contributed by atoms with van der Waals surface area (Å²) in [7, 11) is 0. The van der Waals surface area contributed by atoms with Gasteiger partial charge >= 0.3 is 0 Å². The van der Waals surface area contributed by atoms with E-state index in [9.17, 15) is 4.79 Å². The molecule has 0 aliphatic heterocycles. The standard InChI is InChI=1S/C30H36N4O.BrH/c1-3-5-20-32(21-6-4-2)26-18-16-25(17-19-26)29(35)23-34-28-15-11-10-14-27(28)33(30(34)31)22-24-12-8-7-9-13-24;/h7-19,31H,3-6,20-23H2,1-2H3;1H. The van der Waals surface area contributed by atoms with Gasteiger partial charge in [0.05, 0.1) is 24.1 Å². The molecule has 0 amide bonds. The second kappa shape index (κ2) is 13.3. The largest absolute Gasteiger partial charge is 0.372 e. The third kappa shape index (κ3) is 6.35. The first kappa shape index (κ1) is 27.5. The Balaban J connectivity index is 0.00000361. The normalized spacial score (nSPS) is 10.8. The molecule has 0 saturated heterocycles. The molecule has 0 atom stereocenters. The highest BCUT2D eigenvalue weighted by molar-refractivity contribution is 8.93. The van der Waals surface area contributed by atoms with Crippen molar-refractivity contribution in [3.8, 4) is 0 Å². The Morgan fingerprint density at radius 2 is 1.33 bits per heavy atom. The topological polar surface area (TPSA) is 54.0 Å². The summed E-state index contributed by atoms with van der Waals surface area (Å²) in [6, 6.07) is 26.1. The second-order valence-corrected chi connectivity index (χ2v) is 9.13. The SMILES string of the molecule is Br.CCCCN(CCCC)c1ccc(C(=O)Cn2c(=N)n(Cc3ccccc3)c3ccccc32)cc1. The predicted molar refractivity (Wildman–Crippen MR) is 154 cm³/mol. The van der Waals surface area contributed by atoms with Gasteiger partial charge in [0.1, 0.15) is 0 Å². The van der Waals surface area contributed by atoms with Crippen LogP contribution in [0.25, 0.3) is 11.0 Å². The highest BCUT2D eigenvalue weighted by Gasteiger charge is 2.15. The van der Waals surface area contributed by atoms with E-state index in [0.29, 0.717) is 17.7 Å². The van der Waals surface area contributed by atoms with Crippen LogP contribution in [0.15, 0.2) is 78.9 Å². The van der Waals surface area contributed by atoms with Crippen LogP contribution in [0.1, 0.15) is 55.5 Å². The van der Waals surface area contributed by atoms with E-state index >= 15 is 0 Å².